The molecule has 0 aliphatic carbocycles. The van der Waals surface area contributed by atoms with E-state index in [9.17, 15) is 0 Å². The van der Waals surface area contributed by atoms with E-state index >= 15 is 0 Å². The maximum Gasteiger partial charge on any atom is 0.188 e. The third-order valence-corrected chi connectivity index (χ3v) is 3.01. The highest BCUT2D eigenvalue weighted by molar-refractivity contribution is 4.84. The molecule has 2 heterocycles. The average Bonchev–Trinajstić information content (AvgIpc) is 2.73. The van der Waals surface area contributed by atoms with Gasteiger partial charge in [0.25, 0.3) is 0 Å². The largest absolute Gasteiger partial charge is 0.378 e. The second-order valence-electron chi connectivity index (χ2n) is 4.96. The fourth-order valence-corrected chi connectivity index (χ4v) is 2.03. The van der Waals surface area contributed by atoms with Crippen LogP contribution in [0.4, 0.5) is 0 Å². The van der Waals surface area contributed by atoms with E-state index in [1.54, 1.807) is 7.05 Å². The maximum atomic E-state index is 5.54. The predicted octanol–water partition coefficient (Wildman–Crippen LogP) is -0.591. The molecule has 18 heavy (non-hydrogen) atoms. The van der Waals surface area contributed by atoms with E-state index < -0.39 is 0 Å². The second-order valence-corrected chi connectivity index (χ2v) is 4.96. The lowest BCUT2D eigenvalue weighted by Crippen LogP contribution is -2.50. The number of ether oxygens (including phenoxy) is 1. The SMILES string of the molecule is CC(C)NCC1COCCN1Cc1nnn(C)n1. The molecule has 7 heteroatoms. The summed E-state index contributed by atoms with van der Waals surface area (Å²) >= 11 is 0. The van der Waals surface area contributed by atoms with Crippen LogP contribution in [0.25, 0.3) is 0 Å². The molecule has 102 valence electrons. The number of morpholine rings is 1. The Morgan fingerprint density at radius 2 is 2.33 bits per heavy atom. The molecule has 1 N–H and O–H groups in total. The maximum absolute atomic E-state index is 5.54. The molecule has 0 amide bonds. The number of hydrogen-bond acceptors (Lipinski definition) is 6. The minimum absolute atomic E-state index is 0.380. The highest BCUT2D eigenvalue weighted by Gasteiger charge is 2.24. The molecule has 1 aromatic rings. The number of rotatable bonds is 5. The number of aryl methyl sites for hydroxylation is 1. The van der Waals surface area contributed by atoms with Gasteiger partial charge in [0.2, 0.25) is 0 Å². The average molecular weight is 254 g/mol. The molecule has 0 aromatic carbocycles. The molecule has 1 aromatic heterocycles. The Morgan fingerprint density at radius 3 is 3.00 bits per heavy atom. The molecule has 1 aliphatic rings. The van der Waals surface area contributed by atoms with Crippen molar-refractivity contribution in [2.45, 2.75) is 32.5 Å². The zero-order chi connectivity index (χ0) is 13.0. The van der Waals surface area contributed by atoms with Crippen LogP contribution in [0.3, 0.4) is 0 Å². The first-order chi connectivity index (χ1) is 8.65. The number of hydrogen-bond donors (Lipinski definition) is 1. The minimum Gasteiger partial charge on any atom is -0.378 e. The van der Waals surface area contributed by atoms with Crippen molar-refractivity contribution in [1.82, 2.24) is 30.4 Å². The number of aromatic nitrogens is 4. The summed E-state index contributed by atoms with van der Waals surface area (Å²) in [5.41, 5.74) is 0. The highest BCUT2D eigenvalue weighted by Crippen LogP contribution is 2.09. The van der Waals surface area contributed by atoms with Crippen LogP contribution < -0.4 is 5.32 Å². The Bertz CT molecular complexity index is 366. The van der Waals surface area contributed by atoms with Crippen LogP contribution in [0.15, 0.2) is 0 Å². The van der Waals surface area contributed by atoms with Gasteiger partial charge in [0.05, 0.1) is 26.8 Å². The smallest absolute Gasteiger partial charge is 0.188 e. The zero-order valence-corrected chi connectivity index (χ0v) is 11.3. The summed E-state index contributed by atoms with van der Waals surface area (Å²) in [6, 6.07) is 0.869. The van der Waals surface area contributed by atoms with Crippen molar-refractivity contribution in [2.24, 2.45) is 7.05 Å². The molecule has 0 saturated carbocycles. The summed E-state index contributed by atoms with van der Waals surface area (Å²) in [5.74, 6) is 0.772. The van der Waals surface area contributed by atoms with Crippen molar-refractivity contribution in [3.63, 3.8) is 0 Å². The first-order valence-electron chi connectivity index (χ1n) is 6.43. The predicted molar refractivity (Wildman–Crippen MR) is 67.0 cm³/mol. The highest BCUT2D eigenvalue weighted by atomic mass is 16.5. The van der Waals surface area contributed by atoms with E-state index in [1.807, 2.05) is 0 Å². The fourth-order valence-electron chi connectivity index (χ4n) is 2.03. The lowest BCUT2D eigenvalue weighted by Gasteiger charge is -2.35. The number of nitrogens with one attached hydrogen (secondary N) is 1. The normalized spacial score (nSPS) is 21.7. The van der Waals surface area contributed by atoms with Crippen molar-refractivity contribution in [3.8, 4) is 0 Å². The molecular weight excluding hydrogens is 232 g/mol. The van der Waals surface area contributed by atoms with Gasteiger partial charge < -0.3 is 10.1 Å². The van der Waals surface area contributed by atoms with Crippen LogP contribution in [0.2, 0.25) is 0 Å². The summed E-state index contributed by atoms with van der Waals surface area (Å²) in [6.07, 6.45) is 0. The van der Waals surface area contributed by atoms with E-state index in [-0.39, 0.29) is 0 Å². The third-order valence-electron chi connectivity index (χ3n) is 3.01. The Morgan fingerprint density at radius 1 is 1.50 bits per heavy atom. The monoisotopic (exact) mass is 254 g/mol. The first kappa shape index (κ1) is 13.4. The lowest BCUT2D eigenvalue weighted by molar-refractivity contribution is -0.0126. The van der Waals surface area contributed by atoms with Crippen LogP contribution in [-0.2, 0) is 18.3 Å². The van der Waals surface area contributed by atoms with Crippen molar-refractivity contribution in [2.75, 3.05) is 26.3 Å². The topological polar surface area (TPSA) is 68.1 Å². The van der Waals surface area contributed by atoms with Gasteiger partial charge in [-0.1, -0.05) is 13.8 Å². The quantitative estimate of drug-likeness (QED) is 0.757. The van der Waals surface area contributed by atoms with E-state index in [4.69, 9.17) is 4.74 Å². The third kappa shape index (κ3) is 3.72. The molecule has 1 fully saturated rings. The van der Waals surface area contributed by atoms with Gasteiger partial charge in [0.1, 0.15) is 0 Å². The van der Waals surface area contributed by atoms with Gasteiger partial charge in [-0.3, -0.25) is 4.90 Å². The molecule has 1 unspecified atom stereocenters. The minimum atomic E-state index is 0.380. The van der Waals surface area contributed by atoms with Gasteiger partial charge in [-0.15, -0.1) is 10.2 Å². The fraction of sp³-hybridized carbons (Fsp3) is 0.909. The molecule has 0 bridgehead atoms. The van der Waals surface area contributed by atoms with Gasteiger partial charge in [-0.2, -0.15) is 4.80 Å². The van der Waals surface area contributed by atoms with E-state index in [0.29, 0.717) is 12.1 Å². The van der Waals surface area contributed by atoms with Crippen molar-refractivity contribution >= 4 is 0 Å². The van der Waals surface area contributed by atoms with Crippen molar-refractivity contribution in [3.05, 3.63) is 5.82 Å². The van der Waals surface area contributed by atoms with Crippen LogP contribution in [-0.4, -0.2) is 63.5 Å². The molecule has 0 spiro atoms. The lowest BCUT2D eigenvalue weighted by atomic mass is 10.2. The molecule has 0 radical (unpaired) electrons. The number of tetrazole rings is 1. The van der Waals surface area contributed by atoms with E-state index in [1.165, 1.54) is 4.80 Å². The van der Waals surface area contributed by atoms with Crippen LogP contribution in [0, 0.1) is 0 Å². The molecule has 7 nitrogen and oxygen atoms in total. The van der Waals surface area contributed by atoms with Crippen LogP contribution in [0.5, 0.6) is 0 Å². The molecule has 1 saturated heterocycles. The van der Waals surface area contributed by atoms with Crippen molar-refractivity contribution in [1.29, 1.82) is 0 Å². The van der Waals surface area contributed by atoms with Crippen LogP contribution >= 0.6 is 0 Å². The standard InChI is InChI=1S/C11H22N6O/c1-9(2)12-6-10-8-18-5-4-17(10)7-11-13-15-16(3)14-11/h9-10,12H,4-8H2,1-3H3. The van der Waals surface area contributed by atoms with Gasteiger partial charge in [-0.05, 0) is 5.21 Å². The van der Waals surface area contributed by atoms with E-state index in [2.05, 4.69) is 39.5 Å². The first-order valence-corrected chi connectivity index (χ1v) is 6.43. The molecule has 2 rings (SSSR count). The Kier molecular flexibility index (Phi) is 4.62. The molecular formula is C11H22N6O. The van der Waals surface area contributed by atoms with Gasteiger partial charge in [-0.25, -0.2) is 0 Å². The van der Waals surface area contributed by atoms with Gasteiger partial charge >= 0.3 is 0 Å². The van der Waals surface area contributed by atoms with Crippen LogP contribution in [0.1, 0.15) is 19.7 Å². The second kappa shape index (κ2) is 6.21. The summed E-state index contributed by atoms with van der Waals surface area (Å²) in [6.45, 7) is 8.43. The van der Waals surface area contributed by atoms with Crippen molar-refractivity contribution < 1.29 is 4.74 Å². The number of nitrogens with zero attached hydrogens (tertiary/aromatic N) is 5. The Balaban J connectivity index is 1.90. The van der Waals surface area contributed by atoms with E-state index in [0.717, 1.165) is 38.7 Å². The summed E-state index contributed by atoms with van der Waals surface area (Å²) < 4.78 is 5.54. The summed E-state index contributed by atoms with van der Waals surface area (Å²) in [4.78, 5) is 3.85. The molecule has 1 aliphatic heterocycles. The van der Waals surface area contributed by atoms with Gasteiger partial charge in [0.15, 0.2) is 5.82 Å². The summed E-state index contributed by atoms with van der Waals surface area (Å²) in [7, 11) is 1.79. The summed E-state index contributed by atoms with van der Waals surface area (Å²) in [5, 5.41) is 15.6. The Labute approximate surface area is 107 Å². The Hall–Kier alpha value is -1.05. The molecule has 1 atom stereocenters. The van der Waals surface area contributed by atoms with Gasteiger partial charge in [0, 0.05) is 25.2 Å². The zero-order valence-electron chi connectivity index (χ0n) is 11.3.